The van der Waals surface area contributed by atoms with Gasteiger partial charge in [-0.25, -0.2) is 0 Å². The van der Waals surface area contributed by atoms with E-state index in [1.807, 2.05) is 0 Å². The zero-order valence-corrected chi connectivity index (χ0v) is 13.0. The monoisotopic (exact) mass is 275 g/mol. The summed E-state index contributed by atoms with van der Waals surface area (Å²) in [6.07, 6.45) is 8.36. The number of hydrogen-bond acceptors (Lipinski definition) is 2. The summed E-state index contributed by atoms with van der Waals surface area (Å²) in [6, 6.07) is 8.72. The molecule has 112 valence electrons. The van der Waals surface area contributed by atoms with E-state index in [0.717, 1.165) is 25.9 Å². The van der Waals surface area contributed by atoms with Crippen LogP contribution in [0.5, 0.6) is 0 Å². The predicted molar refractivity (Wildman–Crippen MR) is 84.8 cm³/mol. The van der Waals surface area contributed by atoms with Gasteiger partial charge in [0.25, 0.3) is 0 Å². The van der Waals surface area contributed by atoms with Gasteiger partial charge in [0, 0.05) is 6.61 Å². The number of rotatable bonds is 5. The van der Waals surface area contributed by atoms with Crippen LogP contribution in [0.3, 0.4) is 0 Å². The number of ether oxygens (including phenoxy) is 1. The maximum Gasteiger partial charge on any atom is 0.0874 e. The summed E-state index contributed by atoms with van der Waals surface area (Å²) in [5.41, 5.74) is 9.10. The van der Waals surface area contributed by atoms with Gasteiger partial charge in [-0.1, -0.05) is 56.9 Å². The van der Waals surface area contributed by atoms with Crippen LogP contribution in [0.25, 0.3) is 0 Å². The summed E-state index contributed by atoms with van der Waals surface area (Å²) in [7, 11) is 0. The van der Waals surface area contributed by atoms with Gasteiger partial charge < -0.3 is 10.5 Å². The number of benzene rings is 1. The first kappa shape index (κ1) is 15.5. The average molecular weight is 275 g/mol. The normalized spacial score (nSPS) is 20.4. The van der Waals surface area contributed by atoms with Crippen molar-refractivity contribution in [1.29, 1.82) is 0 Å². The van der Waals surface area contributed by atoms with Crippen molar-refractivity contribution in [2.45, 2.75) is 70.4 Å². The van der Waals surface area contributed by atoms with E-state index in [2.05, 4.69) is 38.1 Å². The van der Waals surface area contributed by atoms with Gasteiger partial charge in [0.2, 0.25) is 0 Å². The van der Waals surface area contributed by atoms with Crippen molar-refractivity contribution in [3.8, 4) is 0 Å². The molecule has 1 unspecified atom stereocenters. The Bertz CT molecular complexity index is 408. The van der Waals surface area contributed by atoms with Crippen LogP contribution in [0.4, 0.5) is 0 Å². The van der Waals surface area contributed by atoms with Crippen LogP contribution in [0, 0.1) is 0 Å². The number of nitrogens with two attached hydrogens (primary N) is 1. The summed E-state index contributed by atoms with van der Waals surface area (Å²) in [5.74, 6) is 0. The third-order valence-electron chi connectivity index (χ3n) is 4.67. The fraction of sp³-hybridized carbons (Fsp3) is 0.667. The molecule has 2 rings (SSSR count). The van der Waals surface area contributed by atoms with E-state index in [9.17, 15) is 0 Å². The molecule has 2 heteroatoms. The standard InChI is InChI=1S/C18H29NO/c1-3-15-10-9-11-16(14-15)17(19)18(20-4-2)12-7-5-6-8-13-18/h9-11,14,17H,3-8,12-13,19H2,1-2H3. The zero-order chi connectivity index (χ0) is 14.4. The van der Waals surface area contributed by atoms with Gasteiger partial charge in [-0.3, -0.25) is 0 Å². The molecule has 1 atom stereocenters. The lowest BCUT2D eigenvalue weighted by molar-refractivity contribution is -0.0696. The third kappa shape index (κ3) is 3.42. The molecule has 1 aliphatic rings. The van der Waals surface area contributed by atoms with Crippen molar-refractivity contribution in [2.24, 2.45) is 5.73 Å². The van der Waals surface area contributed by atoms with Crippen LogP contribution in [-0.2, 0) is 11.2 Å². The van der Waals surface area contributed by atoms with E-state index in [4.69, 9.17) is 10.5 Å². The Balaban J connectivity index is 2.26. The molecule has 0 radical (unpaired) electrons. The van der Waals surface area contributed by atoms with Gasteiger partial charge in [-0.15, -0.1) is 0 Å². The maximum atomic E-state index is 6.66. The molecule has 1 saturated carbocycles. The molecule has 0 aromatic heterocycles. The first-order valence-corrected chi connectivity index (χ1v) is 8.20. The second-order valence-corrected chi connectivity index (χ2v) is 5.99. The zero-order valence-electron chi connectivity index (χ0n) is 13.0. The summed E-state index contributed by atoms with van der Waals surface area (Å²) >= 11 is 0. The second-order valence-electron chi connectivity index (χ2n) is 5.99. The molecule has 1 aliphatic carbocycles. The quantitative estimate of drug-likeness (QED) is 0.809. The van der Waals surface area contributed by atoms with Crippen LogP contribution in [0.15, 0.2) is 24.3 Å². The maximum absolute atomic E-state index is 6.66. The second kappa shape index (κ2) is 7.24. The highest BCUT2D eigenvalue weighted by molar-refractivity contribution is 5.28. The lowest BCUT2D eigenvalue weighted by atomic mass is 9.82. The molecule has 2 nitrogen and oxygen atoms in total. The summed E-state index contributed by atoms with van der Waals surface area (Å²) in [4.78, 5) is 0. The molecule has 0 saturated heterocycles. The van der Waals surface area contributed by atoms with E-state index in [-0.39, 0.29) is 11.6 Å². The van der Waals surface area contributed by atoms with E-state index in [0.29, 0.717) is 0 Å². The minimum Gasteiger partial charge on any atom is -0.373 e. The van der Waals surface area contributed by atoms with Gasteiger partial charge in [0.15, 0.2) is 0 Å². The SMILES string of the molecule is CCOC1(C(N)c2cccc(CC)c2)CCCCCC1. The minimum atomic E-state index is -0.155. The Morgan fingerprint density at radius 1 is 1.15 bits per heavy atom. The Morgan fingerprint density at radius 3 is 2.45 bits per heavy atom. The van der Waals surface area contributed by atoms with Gasteiger partial charge >= 0.3 is 0 Å². The molecule has 0 aliphatic heterocycles. The van der Waals surface area contributed by atoms with Crippen molar-refractivity contribution in [2.75, 3.05) is 6.61 Å². The summed E-state index contributed by atoms with van der Waals surface area (Å²) < 4.78 is 6.22. The van der Waals surface area contributed by atoms with Gasteiger partial charge in [-0.2, -0.15) is 0 Å². The largest absolute Gasteiger partial charge is 0.373 e. The number of aryl methyl sites for hydroxylation is 1. The molecule has 0 bridgehead atoms. The predicted octanol–water partition coefficient (Wildman–Crippen LogP) is 4.38. The number of hydrogen-bond donors (Lipinski definition) is 1. The summed E-state index contributed by atoms with van der Waals surface area (Å²) in [6.45, 7) is 5.03. The van der Waals surface area contributed by atoms with Crippen LogP contribution >= 0.6 is 0 Å². The van der Waals surface area contributed by atoms with E-state index >= 15 is 0 Å². The first-order chi connectivity index (χ1) is 9.72. The molecule has 0 spiro atoms. The van der Waals surface area contributed by atoms with E-state index in [1.54, 1.807) is 0 Å². The highest BCUT2D eigenvalue weighted by atomic mass is 16.5. The Labute approximate surface area is 123 Å². The molecule has 20 heavy (non-hydrogen) atoms. The van der Waals surface area contributed by atoms with E-state index in [1.165, 1.54) is 36.8 Å². The fourth-order valence-corrected chi connectivity index (χ4v) is 3.47. The molecule has 2 N–H and O–H groups in total. The Hall–Kier alpha value is -0.860. The van der Waals surface area contributed by atoms with Crippen LogP contribution < -0.4 is 5.73 Å². The van der Waals surface area contributed by atoms with Crippen molar-refractivity contribution < 1.29 is 4.74 Å². The minimum absolute atomic E-state index is 0.00736. The highest BCUT2D eigenvalue weighted by Crippen LogP contribution is 2.39. The topological polar surface area (TPSA) is 35.2 Å². The molecule has 1 aromatic carbocycles. The van der Waals surface area contributed by atoms with Gasteiger partial charge in [-0.05, 0) is 37.3 Å². The van der Waals surface area contributed by atoms with Crippen LogP contribution in [0.2, 0.25) is 0 Å². The molecule has 0 amide bonds. The molecule has 1 aromatic rings. The van der Waals surface area contributed by atoms with Gasteiger partial charge in [0.1, 0.15) is 0 Å². The molecule has 1 fully saturated rings. The summed E-state index contributed by atoms with van der Waals surface area (Å²) in [5, 5.41) is 0. The van der Waals surface area contributed by atoms with Crippen LogP contribution in [0.1, 0.15) is 69.5 Å². The van der Waals surface area contributed by atoms with Crippen molar-refractivity contribution in [3.05, 3.63) is 35.4 Å². The fourth-order valence-electron chi connectivity index (χ4n) is 3.47. The Morgan fingerprint density at radius 2 is 1.85 bits per heavy atom. The average Bonchev–Trinajstić information content (AvgIpc) is 2.73. The lowest BCUT2D eigenvalue weighted by Crippen LogP contribution is -2.43. The third-order valence-corrected chi connectivity index (χ3v) is 4.67. The van der Waals surface area contributed by atoms with Crippen LogP contribution in [-0.4, -0.2) is 12.2 Å². The Kier molecular flexibility index (Phi) is 5.62. The van der Waals surface area contributed by atoms with Crippen molar-refractivity contribution in [1.82, 2.24) is 0 Å². The highest BCUT2D eigenvalue weighted by Gasteiger charge is 2.38. The molecule has 0 heterocycles. The van der Waals surface area contributed by atoms with Crippen molar-refractivity contribution >= 4 is 0 Å². The molecular weight excluding hydrogens is 246 g/mol. The van der Waals surface area contributed by atoms with Gasteiger partial charge in [0.05, 0.1) is 11.6 Å². The molecular formula is C18H29NO. The first-order valence-electron chi connectivity index (χ1n) is 8.20. The van der Waals surface area contributed by atoms with Crippen molar-refractivity contribution in [3.63, 3.8) is 0 Å². The lowest BCUT2D eigenvalue weighted by Gasteiger charge is -2.38. The van der Waals surface area contributed by atoms with E-state index < -0.39 is 0 Å². The smallest absolute Gasteiger partial charge is 0.0874 e.